The predicted octanol–water partition coefficient (Wildman–Crippen LogP) is 7.36. The van der Waals surface area contributed by atoms with Crippen molar-refractivity contribution >= 4 is 89.5 Å². The summed E-state index contributed by atoms with van der Waals surface area (Å²) in [5.41, 5.74) is 5.45. The summed E-state index contributed by atoms with van der Waals surface area (Å²) in [6, 6.07) is 34.7. The van der Waals surface area contributed by atoms with Gasteiger partial charge in [0.2, 0.25) is 0 Å². The van der Waals surface area contributed by atoms with E-state index in [1.54, 1.807) is 0 Å². The second-order valence-corrected chi connectivity index (χ2v) is 14.1. The summed E-state index contributed by atoms with van der Waals surface area (Å²) < 4.78 is 8.26. The maximum atomic E-state index is 5.38. The Kier molecular flexibility index (Phi) is 4.60. The number of hydrogen-bond donors (Lipinski definition) is 0. The van der Waals surface area contributed by atoms with Crippen LogP contribution in [0.15, 0.2) is 109 Å². The average molecular weight is 628 g/mol. The van der Waals surface area contributed by atoms with Crippen molar-refractivity contribution in [2.45, 2.75) is 0 Å². The molecule has 0 spiro atoms. The molecule has 0 aliphatic rings. The molecule has 0 saturated carbocycles. The Morgan fingerprint density at radius 3 is 1.92 bits per heavy atom. The van der Waals surface area contributed by atoms with Gasteiger partial charge in [0, 0.05) is 0 Å². The first-order chi connectivity index (χ1) is 19.3. The normalized spacial score (nSPS) is 12.1. The van der Waals surface area contributed by atoms with Gasteiger partial charge in [-0.3, -0.25) is 0 Å². The van der Waals surface area contributed by atoms with Crippen LogP contribution in [0.1, 0.15) is 0 Å². The third-order valence-electron chi connectivity index (χ3n) is 7.51. The first-order valence-corrected chi connectivity index (χ1v) is 16.2. The van der Waals surface area contributed by atoms with E-state index in [2.05, 4.69) is 101 Å². The summed E-state index contributed by atoms with van der Waals surface area (Å²) >= 11 is 0.529. The molecular weight excluding hydrogens is 610 g/mol. The van der Waals surface area contributed by atoms with Gasteiger partial charge in [0.1, 0.15) is 0 Å². The van der Waals surface area contributed by atoms with Crippen LogP contribution >= 0.6 is 0 Å². The molecule has 4 aromatic carbocycles. The molecule has 0 aliphatic heterocycles. The molecular formula is C33H18N4Se2. The Morgan fingerprint density at radius 2 is 1.23 bits per heavy atom. The number of rotatable bonds is 2. The monoisotopic (exact) mass is 630 g/mol. The Hall–Kier alpha value is -4.05. The van der Waals surface area contributed by atoms with Crippen LogP contribution in [0.25, 0.3) is 77.7 Å². The summed E-state index contributed by atoms with van der Waals surface area (Å²) in [4.78, 5) is 15.2. The van der Waals surface area contributed by atoms with Crippen LogP contribution in [0, 0.1) is 0 Å². The van der Waals surface area contributed by atoms with E-state index in [-0.39, 0.29) is 29.0 Å². The van der Waals surface area contributed by atoms with Crippen molar-refractivity contribution in [1.82, 2.24) is 19.5 Å². The van der Waals surface area contributed by atoms with E-state index >= 15 is 0 Å². The van der Waals surface area contributed by atoms with Crippen LogP contribution in [-0.2, 0) is 0 Å². The van der Waals surface area contributed by atoms with Crippen LogP contribution in [-0.4, -0.2) is 48.5 Å². The van der Waals surface area contributed by atoms with Crippen molar-refractivity contribution in [2.75, 3.05) is 0 Å². The van der Waals surface area contributed by atoms with Gasteiger partial charge in [-0.05, 0) is 0 Å². The van der Waals surface area contributed by atoms with Crippen LogP contribution in [0.5, 0.6) is 0 Å². The Balaban J connectivity index is 1.52. The molecule has 0 amide bonds. The Morgan fingerprint density at radius 1 is 0.564 bits per heavy atom. The van der Waals surface area contributed by atoms with Crippen molar-refractivity contribution < 1.29 is 0 Å². The van der Waals surface area contributed by atoms with Crippen molar-refractivity contribution in [3.8, 4) is 17.2 Å². The van der Waals surface area contributed by atoms with Crippen molar-refractivity contribution in [3.05, 3.63) is 109 Å². The van der Waals surface area contributed by atoms with E-state index in [0.717, 1.165) is 33.5 Å². The zero-order valence-corrected chi connectivity index (χ0v) is 23.9. The van der Waals surface area contributed by atoms with Crippen molar-refractivity contribution in [1.29, 1.82) is 0 Å². The van der Waals surface area contributed by atoms with Crippen molar-refractivity contribution in [3.63, 3.8) is 0 Å². The van der Waals surface area contributed by atoms with Crippen LogP contribution in [0.2, 0.25) is 0 Å². The van der Waals surface area contributed by atoms with E-state index in [1.807, 2.05) is 18.5 Å². The zero-order valence-electron chi connectivity index (χ0n) is 20.5. The summed E-state index contributed by atoms with van der Waals surface area (Å²) in [7, 11) is 0. The molecule has 0 saturated heterocycles. The molecule has 9 rings (SSSR count). The third-order valence-corrected chi connectivity index (χ3v) is 13.1. The standard InChI is InChI=1S/C33H18N4Se2/c1-2-10-21-19(8-1)15-16-24-27(20-9-7-17-34-18-20)35-33(36-28(21)24)37-29-22-11-3-5-13-25(22)38-31(29)32-30(37)23-12-4-6-14-26(23)39-32/h1-18H. The van der Waals surface area contributed by atoms with Gasteiger partial charge in [-0.15, -0.1) is 0 Å². The topological polar surface area (TPSA) is 43.6 Å². The van der Waals surface area contributed by atoms with E-state index < -0.39 is 0 Å². The van der Waals surface area contributed by atoms with Crippen LogP contribution in [0.4, 0.5) is 0 Å². The number of hydrogen-bond acceptors (Lipinski definition) is 3. The van der Waals surface area contributed by atoms with Gasteiger partial charge in [0.05, 0.1) is 0 Å². The molecule has 182 valence electrons. The Bertz CT molecular complexity index is 2310. The molecule has 0 fully saturated rings. The molecule has 4 nitrogen and oxygen atoms in total. The SMILES string of the molecule is c1cncc(-c2nc(-n3c4c5ccccc5[se]c4c4[se]c5ccccc5c43)nc3c2ccc2ccccc23)c1. The fourth-order valence-electron chi connectivity index (χ4n) is 5.80. The van der Waals surface area contributed by atoms with Gasteiger partial charge in [-0.25, -0.2) is 0 Å². The molecule has 0 aliphatic carbocycles. The average Bonchev–Trinajstić information content (AvgIpc) is 3.65. The quantitative estimate of drug-likeness (QED) is 0.149. The number of nitrogens with zero attached hydrogens (tertiary/aromatic N) is 4. The molecule has 0 N–H and O–H groups in total. The van der Waals surface area contributed by atoms with Gasteiger partial charge in [-0.1, -0.05) is 0 Å². The summed E-state index contributed by atoms with van der Waals surface area (Å²) in [6.07, 6.45) is 3.72. The van der Waals surface area contributed by atoms with E-state index in [4.69, 9.17) is 9.97 Å². The van der Waals surface area contributed by atoms with Gasteiger partial charge in [0.15, 0.2) is 0 Å². The maximum absolute atomic E-state index is 5.38. The molecule has 0 atom stereocenters. The van der Waals surface area contributed by atoms with Gasteiger partial charge in [-0.2, -0.15) is 0 Å². The van der Waals surface area contributed by atoms with E-state index in [9.17, 15) is 0 Å². The molecule has 39 heavy (non-hydrogen) atoms. The fourth-order valence-corrected chi connectivity index (χ4v) is 11.4. The number of pyridine rings is 1. The summed E-state index contributed by atoms with van der Waals surface area (Å²) in [6.45, 7) is 0. The van der Waals surface area contributed by atoms with Gasteiger partial charge in [0.25, 0.3) is 0 Å². The van der Waals surface area contributed by atoms with Crippen molar-refractivity contribution in [2.24, 2.45) is 0 Å². The second kappa shape index (κ2) is 8.22. The fraction of sp³-hybridized carbons (Fsp3) is 0. The van der Waals surface area contributed by atoms with E-state index in [1.165, 1.54) is 44.2 Å². The number of benzene rings is 4. The number of aromatic nitrogens is 4. The Labute approximate surface area is 234 Å². The second-order valence-electron chi connectivity index (χ2n) is 9.68. The zero-order chi connectivity index (χ0) is 25.5. The van der Waals surface area contributed by atoms with Gasteiger partial charge < -0.3 is 0 Å². The minimum absolute atomic E-state index is 0.265. The molecule has 9 aromatic rings. The van der Waals surface area contributed by atoms with E-state index in [0.29, 0.717) is 0 Å². The molecule has 6 heteroatoms. The summed E-state index contributed by atoms with van der Waals surface area (Å²) in [5, 5.41) is 6.00. The van der Waals surface area contributed by atoms with Gasteiger partial charge >= 0.3 is 236 Å². The number of fused-ring (bicyclic) bond motifs is 10. The summed E-state index contributed by atoms with van der Waals surface area (Å²) in [5.74, 6) is 0.732. The van der Waals surface area contributed by atoms with Crippen LogP contribution in [0.3, 0.4) is 0 Å². The molecule has 0 unspecified atom stereocenters. The minimum atomic E-state index is 0.265. The predicted molar refractivity (Wildman–Crippen MR) is 164 cm³/mol. The molecule has 5 aromatic heterocycles. The molecule has 5 heterocycles. The first-order valence-electron chi connectivity index (χ1n) is 12.8. The van der Waals surface area contributed by atoms with Crippen LogP contribution < -0.4 is 0 Å². The molecule has 0 bridgehead atoms. The molecule has 0 radical (unpaired) electrons. The third kappa shape index (κ3) is 3.09. The first kappa shape index (κ1) is 21.8.